The summed E-state index contributed by atoms with van der Waals surface area (Å²) in [6.07, 6.45) is 0. The molecule has 76 valence electrons. The molecule has 0 spiro atoms. The van der Waals surface area contributed by atoms with E-state index in [2.05, 4.69) is 31.0 Å². The number of hydrogen-bond donors (Lipinski definition) is 1. The number of likely N-dealkylation sites (tertiary alicyclic amines) is 1. The summed E-state index contributed by atoms with van der Waals surface area (Å²) in [5.74, 6) is 0.661. The van der Waals surface area contributed by atoms with E-state index in [-0.39, 0.29) is 5.91 Å². The minimum absolute atomic E-state index is 0.0856. The second-order valence-electron chi connectivity index (χ2n) is 4.33. The van der Waals surface area contributed by atoms with Crippen LogP contribution in [0.5, 0.6) is 0 Å². The molecule has 3 nitrogen and oxygen atoms in total. The van der Waals surface area contributed by atoms with Crippen LogP contribution >= 0.6 is 0 Å². The monoisotopic (exact) mass is 184 g/mol. The highest BCUT2D eigenvalue weighted by molar-refractivity contribution is 5.73. The van der Waals surface area contributed by atoms with Crippen molar-refractivity contribution < 1.29 is 4.79 Å². The predicted molar refractivity (Wildman–Crippen MR) is 53.5 cm³/mol. The Balaban J connectivity index is 2.46. The lowest BCUT2D eigenvalue weighted by Gasteiger charge is -2.20. The fourth-order valence-electron chi connectivity index (χ4n) is 1.87. The average molecular weight is 184 g/mol. The third-order valence-corrected chi connectivity index (χ3v) is 2.76. The Morgan fingerprint density at radius 3 is 2.46 bits per heavy atom. The second kappa shape index (κ2) is 4.09. The molecule has 0 unspecified atom stereocenters. The molecule has 1 saturated heterocycles. The van der Waals surface area contributed by atoms with Crippen LogP contribution in [0, 0.1) is 5.92 Å². The summed E-state index contributed by atoms with van der Waals surface area (Å²) in [5, 5.41) is 3.00. The zero-order valence-corrected chi connectivity index (χ0v) is 9.00. The lowest BCUT2D eigenvalue weighted by molar-refractivity contribution is -0.119. The van der Waals surface area contributed by atoms with Crippen molar-refractivity contribution >= 4 is 5.91 Å². The van der Waals surface area contributed by atoms with Crippen LogP contribution in [-0.2, 0) is 4.79 Å². The molecular weight excluding hydrogens is 164 g/mol. The van der Waals surface area contributed by atoms with Gasteiger partial charge in [0, 0.05) is 32.1 Å². The van der Waals surface area contributed by atoms with Gasteiger partial charge in [0.05, 0.1) is 0 Å². The number of rotatable bonds is 2. The third-order valence-electron chi connectivity index (χ3n) is 2.76. The summed E-state index contributed by atoms with van der Waals surface area (Å²) in [6, 6.07) is 0.932. The van der Waals surface area contributed by atoms with Gasteiger partial charge in [0.2, 0.25) is 5.91 Å². The Morgan fingerprint density at radius 1 is 1.46 bits per heavy atom. The van der Waals surface area contributed by atoms with Gasteiger partial charge in [-0.15, -0.1) is 0 Å². The van der Waals surface area contributed by atoms with Gasteiger partial charge < -0.3 is 5.32 Å². The summed E-state index contributed by atoms with van der Waals surface area (Å²) in [6.45, 7) is 10.3. The molecular formula is C10H20N2O. The van der Waals surface area contributed by atoms with E-state index in [1.807, 2.05) is 0 Å². The van der Waals surface area contributed by atoms with Gasteiger partial charge in [0.1, 0.15) is 0 Å². The predicted octanol–water partition coefficient (Wildman–Crippen LogP) is 0.851. The molecule has 3 heteroatoms. The average Bonchev–Trinajstić information content (AvgIpc) is 2.31. The smallest absolute Gasteiger partial charge is 0.217 e. The Bertz CT molecular complexity index is 191. The van der Waals surface area contributed by atoms with Gasteiger partial charge in [0.15, 0.2) is 0 Å². The molecule has 1 aliphatic rings. The number of carbonyl (C=O) groups excluding carboxylic acids is 1. The first-order valence-electron chi connectivity index (χ1n) is 5.02. The number of nitrogens with zero attached hydrogens (tertiary/aromatic N) is 1. The summed E-state index contributed by atoms with van der Waals surface area (Å²) in [5.41, 5.74) is 0. The SMILES string of the molecule is CC(=O)N[C@@H]1CN(C(C)C)C[C@@H]1C. The highest BCUT2D eigenvalue weighted by Crippen LogP contribution is 2.18. The Labute approximate surface area is 80.5 Å². The minimum atomic E-state index is 0.0856. The first-order valence-corrected chi connectivity index (χ1v) is 5.02. The van der Waals surface area contributed by atoms with Crippen LogP contribution in [0.15, 0.2) is 0 Å². The van der Waals surface area contributed by atoms with E-state index in [4.69, 9.17) is 0 Å². The van der Waals surface area contributed by atoms with Crippen molar-refractivity contribution in [3.05, 3.63) is 0 Å². The molecule has 0 aromatic heterocycles. The summed E-state index contributed by atoms with van der Waals surface area (Å²) >= 11 is 0. The molecule has 1 N–H and O–H groups in total. The lowest BCUT2D eigenvalue weighted by Crippen LogP contribution is -2.39. The van der Waals surface area contributed by atoms with Gasteiger partial charge in [0.25, 0.3) is 0 Å². The Hall–Kier alpha value is -0.570. The molecule has 0 radical (unpaired) electrons. The molecule has 13 heavy (non-hydrogen) atoms. The second-order valence-corrected chi connectivity index (χ2v) is 4.33. The molecule has 1 heterocycles. The van der Waals surface area contributed by atoms with Gasteiger partial charge in [-0.25, -0.2) is 0 Å². The van der Waals surface area contributed by atoms with Crippen LogP contribution in [0.4, 0.5) is 0 Å². The normalized spacial score (nSPS) is 29.6. The molecule has 1 amide bonds. The summed E-state index contributed by atoms with van der Waals surface area (Å²) < 4.78 is 0. The molecule has 1 fully saturated rings. The van der Waals surface area contributed by atoms with E-state index >= 15 is 0 Å². The molecule has 0 bridgehead atoms. The van der Waals surface area contributed by atoms with Gasteiger partial charge >= 0.3 is 0 Å². The highest BCUT2D eigenvalue weighted by Gasteiger charge is 2.30. The van der Waals surface area contributed by atoms with Crippen LogP contribution in [-0.4, -0.2) is 36.0 Å². The van der Waals surface area contributed by atoms with Gasteiger partial charge in [-0.1, -0.05) is 6.92 Å². The fraction of sp³-hybridized carbons (Fsp3) is 0.900. The Kier molecular flexibility index (Phi) is 3.31. The molecule has 2 atom stereocenters. The maximum absolute atomic E-state index is 10.9. The van der Waals surface area contributed by atoms with E-state index in [0.29, 0.717) is 18.0 Å². The van der Waals surface area contributed by atoms with E-state index in [1.165, 1.54) is 0 Å². The maximum Gasteiger partial charge on any atom is 0.217 e. The fourth-order valence-corrected chi connectivity index (χ4v) is 1.87. The van der Waals surface area contributed by atoms with Gasteiger partial charge in [-0.3, -0.25) is 9.69 Å². The van der Waals surface area contributed by atoms with Crippen molar-refractivity contribution in [2.45, 2.75) is 39.8 Å². The molecule has 0 aromatic rings. The van der Waals surface area contributed by atoms with Crippen molar-refractivity contribution in [1.29, 1.82) is 0 Å². The quantitative estimate of drug-likeness (QED) is 0.690. The maximum atomic E-state index is 10.9. The molecule has 0 saturated carbocycles. The third kappa shape index (κ3) is 2.69. The van der Waals surface area contributed by atoms with Crippen molar-refractivity contribution in [3.63, 3.8) is 0 Å². The van der Waals surface area contributed by atoms with Gasteiger partial charge in [-0.2, -0.15) is 0 Å². The van der Waals surface area contributed by atoms with Crippen LogP contribution < -0.4 is 5.32 Å². The van der Waals surface area contributed by atoms with Crippen LogP contribution in [0.1, 0.15) is 27.7 Å². The summed E-state index contributed by atoms with van der Waals surface area (Å²) in [7, 11) is 0. The van der Waals surface area contributed by atoms with Crippen LogP contribution in [0.2, 0.25) is 0 Å². The molecule has 1 rings (SSSR count). The first kappa shape index (κ1) is 10.5. The zero-order valence-electron chi connectivity index (χ0n) is 9.00. The molecule has 0 aliphatic carbocycles. The van der Waals surface area contributed by atoms with E-state index in [0.717, 1.165) is 13.1 Å². The lowest BCUT2D eigenvalue weighted by atomic mass is 10.1. The van der Waals surface area contributed by atoms with Crippen molar-refractivity contribution in [2.75, 3.05) is 13.1 Å². The standard InChI is InChI=1S/C10H20N2O/c1-7(2)12-5-8(3)10(6-12)11-9(4)13/h7-8,10H,5-6H2,1-4H3,(H,11,13)/t8-,10+/m0/s1. The number of hydrogen-bond acceptors (Lipinski definition) is 2. The zero-order chi connectivity index (χ0) is 10.0. The number of carbonyl (C=O) groups is 1. The van der Waals surface area contributed by atoms with E-state index in [1.54, 1.807) is 6.92 Å². The van der Waals surface area contributed by atoms with Crippen molar-refractivity contribution in [1.82, 2.24) is 10.2 Å². The first-order chi connectivity index (χ1) is 6.00. The van der Waals surface area contributed by atoms with E-state index in [9.17, 15) is 4.79 Å². The minimum Gasteiger partial charge on any atom is -0.352 e. The van der Waals surface area contributed by atoms with Gasteiger partial charge in [-0.05, 0) is 19.8 Å². The van der Waals surface area contributed by atoms with Crippen LogP contribution in [0.25, 0.3) is 0 Å². The number of nitrogens with one attached hydrogen (secondary N) is 1. The molecule has 1 aliphatic heterocycles. The molecule has 0 aromatic carbocycles. The van der Waals surface area contributed by atoms with Crippen molar-refractivity contribution in [2.24, 2.45) is 5.92 Å². The topological polar surface area (TPSA) is 32.3 Å². The number of amides is 1. The van der Waals surface area contributed by atoms with Crippen LogP contribution in [0.3, 0.4) is 0 Å². The van der Waals surface area contributed by atoms with E-state index < -0.39 is 0 Å². The summed E-state index contributed by atoms with van der Waals surface area (Å²) in [4.78, 5) is 13.3. The highest BCUT2D eigenvalue weighted by atomic mass is 16.1. The Morgan fingerprint density at radius 2 is 2.08 bits per heavy atom. The largest absolute Gasteiger partial charge is 0.352 e. The van der Waals surface area contributed by atoms with Crippen molar-refractivity contribution in [3.8, 4) is 0 Å².